The third-order valence-electron chi connectivity index (χ3n) is 2.65. The van der Waals surface area contributed by atoms with Crippen molar-refractivity contribution in [2.45, 2.75) is 6.18 Å². The number of carbonyl (C=O) groups excluding carboxylic acids is 2. The highest BCUT2D eigenvalue weighted by molar-refractivity contribution is 6.30. The van der Waals surface area contributed by atoms with Gasteiger partial charge in [-0.3, -0.25) is 14.6 Å². The first-order valence-electron chi connectivity index (χ1n) is 5.99. The summed E-state index contributed by atoms with van der Waals surface area (Å²) in [5.74, 6) is -3.29. The van der Waals surface area contributed by atoms with Gasteiger partial charge in [0.05, 0.1) is 10.6 Å². The molecule has 10 heteroatoms. The summed E-state index contributed by atoms with van der Waals surface area (Å²) >= 11 is 5.63. The van der Waals surface area contributed by atoms with Crippen molar-refractivity contribution in [3.63, 3.8) is 0 Å². The standard InChI is InChI=1S/C13H8ClF3N4O2/c14-6-1-2-8(20-5-6)21-12(23)10-9(7(18)3-4-19-10)11(22)13(15,16)17/h1-5H,(H2,18,19)(H,20,21,23). The molecular formula is C13H8ClF3N4O2. The van der Waals surface area contributed by atoms with E-state index >= 15 is 0 Å². The van der Waals surface area contributed by atoms with Crippen molar-refractivity contribution in [2.75, 3.05) is 11.1 Å². The molecular weight excluding hydrogens is 337 g/mol. The minimum absolute atomic E-state index is 0.0223. The second-order valence-electron chi connectivity index (χ2n) is 4.27. The Morgan fingerprint density at radius 2 is 1.87 bits per heavy atom. The fourth-order valence-electron chi connectivity index (χ4n) is 1.65. The Labute approximate surface area is 132 Å². The highest BCUT2D eigenvalue weighted by Gasteiger charge is 2.42. The molecule has 0 bridgehead atoms. The van der Waals surface area contributed by atoms with Gasteiger partial charge in [0.2, 0.25) is 0 Å². The van der Waals surface area contributed by atoms with E-state index in [9.17, 15) is 22.8 Å². The van der Waals surface area contributed by atoms with Gasteiger partial charge in [0, 0.05) is 18.1 Å². The number of Topliss-reactive ketones (excluding diaryl/α,β-unsaturated/α-hetero) is 1. The van der Waals surface area contributed by atoms with Gasteiger partial charge in [0.25, 0.3) is 11.7 Å². The zero-order valence-corrected chi connectivity index (χ0v) is 11.9. The van der Waals surface area contributed by atoms with Crippen LogP contribution in [-0.4, -0.2) is 27.8 Å². The summed E-state index contributed by atoms with van der Waals surface area (Å²) in [5.41, 5.74) is 3.14. The maximum absolute atomic E-state index is 12.6. The van der Waals surface area contributed by atoms with Crippen molar-refractivity contribution in [1.29, 1.82) is 0 Å². The van der Waals surface area contributed by atoms with Crippen LogP contribution < -0.4 is 11.1 Å². The molecule has 0 aliphatic rings. The van der Waals surface area contributed by atoms with Crippen LogP contribution in [0.15, 0.2) is 30.6 Å². The molecule has 2 aromatic rings. The van der Waals surface area contributed by atoms with Crippen LogP contribution in [0.5, 0.6) is 0 Å². The van der Waals surface area contributed by atoms with Crippen LogP contribution in [0.4, 0.5) is 24.7 Å². The summed E-state index contributed by atoms with van der Waals surface area (Å²) in [4.78, 5) is 30.8. The minimum Gasteiger partial charge on any atom is -0.398 e. The minimum atomic E-state index is -5.19. The third-order valence-corrected chi connectivity index (χ3v) is 2.88. The molecule has 0 spiro atoms. The highest BCUT2D eigenvalue weighted by Crippen LogP contribution is 2.27. The Morgan fingerprint density at radius 3 is 2.43 bits per heavy atom. The van der Waals surface area contributed by atoms with Crippen molar-refractivity contribution in [2.24, 2.45) is 0 Å². The Hall–Kier alpha value is -2.68. The van der Waals surface area contributed by atoms with Gasteiger partial charge in [0.1, 0.15) is 11.5 Å². The van der Waals surface area contributed by atoms with E-state index in [4.69, 9.17) is 17.3 Å². The molecule has 0 atom stereocenters. The molecule has 3 N–H and O–H groups in total. The molecule has 6 nitrogen and oxygen atoms in total. The quantitative estimate of drug-likeness (QED) is 0.834. The van der Waals surface area contributed by atoms with E-state index in [-0.39, 0.29) is 5.82 Å². The lowest BCUT2D eigenvalue weighted by atomic mass is 10.1. The molecule has 120 valence electrons. The summed E-state index contributed by atoms with van der Waals surface area (Å²) in [6.07, 6.45) is -2.94. The average Bonchev–Trinajstić information content (AvgIpc) is 2.47. The number of ketones is 1. The van der Waals surface area contributed by atoms with Gasteiger partial charge in [-0.25, -0.2) is 4.98 Å². The molecule has 0 unspecified atom stereocenters. The number of nitrogens with zero attached hydrogens (tertiary/aromatic N) is 2. The SMILES string of the molecule is Nc1ccnc(C(=O)Nc2ccc(Cl)cn2)c1C(=O)C(F)(F)F. The van der Waals surface area contributed by atoms with E-state index in [0.29, 0.717) is 5.02 Å². The maximum atomic E-state index is 12.6. The van der Waals surface area contributed by atoms with Crippen LogP contribution in [0.1, 0.15) is 20.8 Å². The monoisotopic (exact) mass is 344 g/mol. The summed E-state index contributed by atoms with van der Waals surface area (Å²) in [6, 6.07) is 3.74. The van der Waals surface area contributed by atoms with Gasteiger partial charge >= 0.3 is 6.18 Å². The fraction of sp³-hybridized carbons (Fsp3) is 0.0769. The summed E-state index contributed by atoms with van der Waals surface area (Å²) < 4.78 is 37.9. The number of pyridine rings is 2. The van der Waals surface area contributed by atoms with E-state index in [1.807, 2.05) is 0 Å². The molecule has 0 saturated carbocycles. The number of hydrogen-bond donors (Lipinski definition) is 2. The first-order chi connectivity index (χ1) is 10.7. The summed E-state index contributed by atoms with van der Waals surface area (Å²) in [7, 11) is 0. The zero-order chi connectivity index (χ0) is 17.2. The molecule has 1 amide bonds. The zero-order valence-electron chi connectivity index (χ0n) is 11.2. The molecule has 0 aliphatic carbocycles. The van der Waals surface area contributed by atoms with Crippen molar-refractivity contribution in [1.82, 2.24) is 9.97 Å². The molecule has 0 aliphatic heterocycles. The number of hydrogen-bond acceptors (Lipinski definition) is 5. The van der Waals surface area contributed by atoms with E-state index in [2.05, 4.69) is 15.3 Å². The van der Waals surface area contributed by atoms with Gasteiger partial charge < -0.3 is 11.1 Å². The molecule has 0 fully saturated rings. The maximum Gasteiger partial charge on any atom is 0.455 e. The van der Waals surface area contributed by atoms with Crippen LogP contribution in [0.3, 0.4) is 0 Å². The van der Waals surface area contributed by atoms with Gasteiger partial charge in [-0.1, -0.05) is 11.6 Å². The van der Waals surface area contributed by atoms with Crippen molar-refractivity contribution in [3.05, 3.63) is 46.9 Å². The van der Waals surface area contributed by atoms with E-state index < -0.39 is 34.8 Å². The number of rotatable bonds is 3. The second-order valence-corrected chi connectivity index (χ2v) is 4.70. The topological polar surface area (TPSA) is 98.0 Å². The predicted molar refractivity (Wildman–Crippen MR) is 76.2 cm³/mol. The molecule has 2 aromatic heterocycles. The first-order valence-corrected chi connectivity index (χ1v) is 6.37. The lowest BCUT2D eigenvalue weighted by Crippen LogP contribution is -2.28. The number of carbonyl (C=O) groups is 2. The molecule has 2 rings (SSSR count). The first kappa shape index (κ1) is 16.7. The normalized spacial score (nSPS) is 11.1. The second kappa shape index (κ2) is 6.21. The number of halogens is 4. The average molecular weight is 345 g/mol. The number of alkyl halides is 3. The lowest BCUT2D eigenvalue weighted by molar-refractivity contribution is -0.0885. The summed E-state index contributed by atoms with van der Waals surface area (Å²) in [6.45, 7) is 0. The third kappa shape index (κ3) is 3.75. The van der Waals surface area contributed by atoms with Gasteiger partial charge in [-0.2, -0.15) is 13.2 Å². The number of aromatic nitrogens is 2. The van der Waals surface area contributed by atoms with Crippen LogP contribution >= 0.6 is 11.6 Å². The Morgan fingerprint density at radius 1 is 1.17 bits per heavy atom. The van der Waals surface area contributed by atoms with Crippen LogP contribution in [-0.2, 0) is 0 Å². The molecule has 0 radical (unpaired) electrons. The van der Waals surface area contributed by atoms with E-state index in [1.165, 1.54) is 18.3 Å². The Kier molecular flexibility index (Phi) is 4.50. The molecule has 0 saturated heterocycles. The number of nitrogen functional groups attached to an aromatic ring is 1. The Bertz CT molecular complexity index is 763. The van der Waals surface area contributed by atoms with Gasteiger partial charge in [0.15, 0.2) is 0 Å². The smallest absolute Gasteiger partial charge is 0.398 e. The van der Waals surface area contributed by atoms with Crippen molar-refractivity contribution in [3.8, 4) is 0 Å². The summed E-state index contributed by atoms with van der Waals surface area (Å²) in [5, 5.41) is 2.52. The predicted octanol–water partition coefficient (Wildman–Crippen LogP) is 2.71. The van der Waals surface area contributed by atoms with E-state index in [0.717, 1.165) is 12.3 Å². The van der Waals surface area contributed by atoms with Gasteiger partial charge in [-0.05, 0) is 18.2 Å². The largest absolute Gasteiger partial charge is 0.455 e. The fourth-order valence-corrected chi connectivity index (χ4v) is 1.77. The van der Waals surface area contributed by atoms with Crippen LogP contribution in [0, 0.1) is 0 Å². The number of nitrogens with one attached hydrogen (secondary N) is 1. The van der Waals surface area contributed by atoms with Crippen molar-refractivity contribution < 1.29 is 22.8 Å². The number of nitrogens with two attached hydrogens (primary N) is 1. The van der Waals surface area contributed by atoms with E-state index in [1.54, 1.807) is 0 Å². The van der Waals surface area contributed by atoms with Crippen LogP contribution in [0.2, 0.25) is 5.02 Å². The lowest BCUT2D eigenvalue weighted by Gasteiger charge is -2.12. The number of anilines is 2. The Balaban J connectivity index is 2.39. The number of amides is 1. The molecule has 23 heavy (non-hydrogen) atoms. The van der Waals surface area contributed by atoms with Crippen molar-refractivity contribution >= 4 is 34.8 Å². The van der Waals surface area contributed by atoms with Crippen LogP contribution in [0.25, 0.3) is 0 Å². The van der Waals surface area contributed by atoms with Gasteiger partial charge in [-0.15, -0.1) is 0 Å². The molecule has 2 heterocycles. The molecule has 0 aromatic carbocycles. The highest BCUT2D eigenvalue weighted by atomic mass is 35.5.